The van der Waals surface area contributed by atoms with E-state index in [1.54, 1.807) is 0 Å². The second kappa shape index (κ2) is 3.88. The summed E-state index contributed by atoms with van der Waals surface area (Å²) in [6.45, 7) is 0. The van der Waals surface area contributed by atoms with E-state index in [0.717, 1.165) is 4.48 Å². The van der Waals surface area contributed by atoms with Gasteiger partial charge in [-0.1, -0.05) is 0 Å². The summed E-state index contributed by atoms with van der Waals surface area (Å²) < 4.78 is 35.3. The second-order valence-corrected chi connectivity index (χ2v) is 4.24. The summed E-state index contributed by atoms with van der Waals surface area (Å²) in [5.74, 6) is 0. The van der Waals surface area contributed by atoms with Gasteiger partial charge in [-0.2, -0.15) is 0 Å². The zero-order chi connectivity index (χ0) is 9.00. The predicted molar refractivity (Wildman–Crippen MR) is 26.0 cm³/mol. The molecule has 0 amide bonds. The summed E-state index contributed by atoms with van der Waals surface area (Å²) >= 11 is -5.62. The van der Waals surface area contributed by atoms with Crippen molar-refractivity contribution in [2.24, 2.45) is 0 Å². The van der Waals surface area contributed by atoms with Crippen molar-refractivity contribution in [1.29, 1.82) is 0 Å². The average molecular weight is 193 g/mol. The Kier molecular flexibility index (Phi) is 4.85. The fourth-order valence-corrected chi connectivity index (χ4v) is 0. The van der Waals surface area contributed by atoms with Crippen LogP contribution in [0.4, 0.5) is 0 Å². The van der Waals surface area contributed by atoms with Crippen molar-refractivity contribution < 1.29 is 33.1 Å². The number of nitrogens with zero attached hydrogens (tertiary/aromatic N) is 1. The Morgan fingerprint density at radius 1 is 1.00 bits per heavy atom. The third-order valence-electron chi connectivity index (χ3n) is 0. The van der Waals surface area contributed by atoms with Crippen molar-refractivity contribution in [1.82, 2.24) is 0 Å². The molecule has 0 N–H and O–H groups in total. The Hall–Kier alpha value is -0.161. The first-order chi connectivity index (χ1) is 4.00. The molecular weight excluding hydrogens is 181 g/mol. The molecule has 0 saturated carbocycles. The topological polar surface area (TPSA) is 74.3 Å². The van der Waals surface area contributed by atoms with Crippen LogP contribution in [0.15, 0.2) is 0 Å². The van der Waals surface area contributed by atoms with Gasteiger partial charge in [-0.15, -0.1) is 0 Å². The Balaban J connectivity index is 0. The molecule has 0 saturated heterocycles. The summed E-state index contributed by atoms with van der Waals surface area (Å²) in [4.78, 5) is 0. The quantitative estimate of drug-likeness (QED) is 0.356. The second-order valence-electron chi connectivity index (χ2n) is 3.06. The van der Waals surface area contributed by atoms with Gasteiger partial charge in [-0.05, 0) is 0 Å². The molecule has 0 radical (unpaired) electrons. The fraction of sp³-hybridized carbons (Fsp3) is 1.00. The van der Waals surface area contributed by atoms with Gasteiger partial charge < -0.3 is 4.48 Å². The van der Waals surface area contributed by atoms with Gasteiger partial charge in [0.15, 0.2) is 0 Å². The van der Waals surface area contributed by atoms with Gasteiger partial charge >= 0.3 is 28.7 Å². The van der Waals surface area contributed by atoms with Crippen molar-refractivity contribution in [3.05, 3.63) is 0 Å². The van der Waals surface area contributed by atoms with Gasteiger partial charge in [-0.3, -0.25) is 0 Å². The van der Waals surface area contributed by atoms with Crippen LogP contribution >= 0.6 is 0 Å². The number of rotatable bonds is 0. The third-order valence-corrected chi connectivity index (χ3v) is 0. The molecule has 0 rings (SSSR count). The first kappa shape index (κ1) is 12.5. The van der Waals surface area contributed by atoms with Crippen LogP contribution in [0.1, 0.15) is 0 Å². The zero-order valence-electron chi connectivity index (χ0n) is 6.46. The van der Waals surface area contributed by atoms with Gasteiger partial charge in [0.2, 0.25) is 0 Å². The molecular formula is C4H12MnNO4. The van der Waals surface area contributed by atoms with Crippen molar-refractivity contribution in [2.75, 3.05) is 28.2 Å². The molecule has 0 heterocycles. The van der Waals surface area contributed by atoms with Crippen LogP contribution < -0.4 is 4.19 Å². The van der Waals surface area contributed by atoms with Crippen LogP contribution in [0.2, 0.25) is 0 Å². The number of quaternary nitrogens is 1. The van der Waals surface area contributed by atoms with E-state index in [1.807, 2.05) is 0 Å². The predicted octanol–water partition coefficient (Wildman–Crippen LogP) is -1.23. The van der Waals surface area contributed by atoms with E-state index < -0.39 is 13.0 Å². The SMILES string of the molecule is C[N+](C)(C)C.[O]=[Mn](=[O])(=[O])[O-]. The van der Waals surface area contributed by atoms with Crippen molar-refractivity contribution >= 4 is 0 Å². The molecule has 0 aliphatic rings. The van der Waals surface area contributed by atoms with Crippen LogP contribution in [0, 0.1) is 0 Å². The molecule has 0 aliphatic heterocycles. The normalized spacial score (nSPS) is 11.7. The van der Waals surface area contributed by atoms with Gasteiger partial charge in [0, 0.05) is 0 Å². The van der Waals surface area contributed by atoms with Gasteiger partial charge in [-0.25, -0.2) is 0 Å². The Morgan fingerprint density at radius 2 is 1.00 bits per heavy atom. The van der Waals surface area contributed by atoms with E-state index in [9.17, 15) is 0 Å². The summed E-state index contributed by atoms with van der Waals surface area (Å²) in [6, 6.07) is 0. The summed E-state index contributed by atoms with van der Waals surface area (Å²) in [7, 11) is 8.50. The molecule has 0 aromatic carbocycles. The molecule has 5 nitrogen and oxygen atoms in total. The Morgan fingerprint density at radius 3 is 1.00 bits per heavy atom. The van der Waals surface area contributed by atoms with E-state index >= 15 is 0 Å². The van der Waals surface area contributed by atoms with E-state index in [4.69, 9.17) is 15.7 Å². The first-order valence-electron chi connectivity index (χ1n) is 2.41. The Bertz CT molecular complexity index is 195. The van der Waals surface area contributed by atoms with E-state index in [1.165, 1.54) is 0 Å². The monoisotopic (exact) mass is 193 g/mol. The molecule has 0 bridgehead atoms. The minimum atomic E-state index is -5.62. The molecule has 0 aromatic heterocycles. The van der Waals surface area contributed by atoms with Gasteiger partial charge in [0.25, 0.3) is 0 Å². The first-order valence-corrected chi connectivity index (χ1v) is 4.33. The summed E-state index contributed by atoms with van der Waals surface area (Å²) in [6.07, 6.45) is 0. The number of hydrogen-bond acceptors (Lipinski definition) is 4. The molecule has 0 atom stereocenters. The van der Waals surface area contributed by atoms with Crippen LogP contribution in [-0.2, 0) is 24.5 Å². The van der Waals surface area contributed by atoms with Crippen molar-refractivity contribution in [3.63, 3.8) is 0 Å². The van der Waals surface area contributed by atoms with Crippen LogP contribution in [0.5, 0.6) is 0 Å². The molecule has 0 unspecified atom stereocenters. The molecule has 0 aromatic rings. The molecule has 0 fully saturated rings. The zero-order valence-corrected chi connectivity index (χ0v) is 7.64. The minimum absolute atomic E-state index is 1.00. The standard InChI is InChI=1S/C4H12N.Mn.4O/c1-5(2,3)4;;;;;/h1-4H3;;;;;/q+1;;;;;-1. The van der Waals surface area contributed by atoms with Crippen molar-refractivity contribution in [2.45, 2.75) is 0 Å². The molecule has 6 heteroatoms. The third kappa shape index (κ3) is 14200. The van der Waals surface area contributed by atoms with Gasteiger partial charge in [0.05, 0.1) is 28.2 Å². The maximum absolute atomic E-state index is 8.58. The fourth-order valence-electron chi connectivity index (χ4n) is 0. The van der Waals surface area contributed by atoms with Crippen LogP contribution in [0.25, 0.3) is 0 Å². The average Bonchev–Trinajstić information content (AvgIpc) is 1.12. The maximum atomic E-state index is 8.58. The Labute approximate surface area is 62.0 Å². The number of hydrogen-bond donors (Lipinski definition) is 0. The molecule has 10 heavy (non-hydrogen) atoms. The molecule has 0 aliphatic carbocycles. The molecule has 0 spiro atoms. The van der Waals surface area contributed by atoms with Crippen LogP contribution in [-0.4, -0.2) is 32.7 Å². The van der Waals surface area contributed by atoms with E-state index in [2.05, 4.69) is 28.2 Å². The van der Waals surface area contributed by atoms with Crippen molar-refractivity contribution in [3.8, 4) is 0 Å². The van der Waals surface area contributed by atoms with Gasteiger partial charge in [0.1, 0.15) is 0 Å². The van der Waals surface area contributed by atoms with E-state index in [-0.39, 0.29) is 0 Å². The summed E-state index contributed by atoms with van der Waals surface area (Å²) in [5, 5.41) is 0. The van der Waals surface area contributed by atoms with Crippen LogP contribution in [0.3, 0.4) is 0 Å². The van der Waals surface area contributed by atoms with E-state index in [0.29, 0.717) is 0 Å². The molecule has 64 valence electrons. The summed E-state index contributed by atoms with van der Waals surface area (Å²) in [5.41, 5.74) is 0.